The summed E-state index contributed by atoms with van der Waals surface area (Å²) in [7, 11) is 0. The zero-order chi connectivity index (χ0) is 14.3. The Morgan fingerprint density at radius 3 is 2.42 bits per heavy atom. The topological polar surface area (TPSA) is 49.6 Å². The van der Waals surface area contributed by atoms with E-state index in [9.17, 15) is 4.79 Å². The van der Waals surface area contributed by atoms with E-state index in [1.807, 2.05) is 11.0 Å². The Kier molecular flexibility index (Phi) is 7.10. The Morgan fingerprint density at radius 1 is 1.32 bits per heavy atom. The highest BCUT2D eigenvalue weighted by Crippen LogP contribution is 2.16. The van der Waals surface area contributed by atoms with Gasteiger partial charge in [-0.3, -0.25) is 9.69 Å². The third-order valence-electron chi connectivity index (χ3n) is 3.71. The van der Waals surface area contributed by atoms with Crippen LogP contribution in [-0.2, 0) is 4.79 Å². The highest BCUT2D eigenvalue weighted by atomic mass is 16.2. The molecule has 0 aromatic heterocycles. The van der Waals surface area contributed by atoms with Crippen LogP contribution in [0.15, 0.2) is 12.7 Å². The molecule has 1 aliphatic rings. The number of hydrogen-bond acceptors (Lipinski definition) is 3. The molecule has 0 saturated carbocycles. The van der Waals surface area contributed by atoms with Crippen LogP contribution in [0.5, 0.6) is 0 Å². The maximum absolute atomic E-state index is 12.2. The molecule has 0 aliphatic carbocycles. The van der Waals surface area contributed by atoms with E-state index < -0.39 is 0 Å². The summed E-state index contributed by atoms with van der Waals surface area (Å²) >= 11 is 0. The van der Waals surface area contributed by atoms with E-state index in [1.165, 1.54) is 0 Å². The van der Waals surface area contributed by atoms with Crippen molar-refractivity contribution in [1.82, 2.24) is 9.80 Å². The second kappa shape index (κ2) is 8.33. The number of amides is 1. The lowest BCUT2D eigenvalue weighted by Crippen LogP contribution is -2.49. The van der Waals surface area contributed by atoms with Crippen LogP contribution in [0.1, 0.15) is 26.7 Å². The number of piperazine rings is 1. The summed E-state index contributed by atoms with van der Waals surface area (Å²) in [6.07, 6.45) is 3.57. The van der Waals surface area contributed by atoms with Gasteiger partial charge in [0, 0.05) is 39.1 Å². The van der Waals surface area contributed by atoms with Gasteiger partial charge in [0.2, 0.25) is 5.91 Å². The third kappa shape index (κ3) is 5.74. The van der Waals surface area contributed by atoms with Crippen molar-refractivity contribution in [1.29, 1.82) is 0 Å². The molecule has 1 saturated heterocycles. The molecule has 0 spiro atoms. The molecule has 0 aromatic carbocycles. The fourth-order valence-corrected chi connectivity index (χ4v) is 2.67. The van der Waals surface area contributed by atoms with Gasteiger partial charge >= 0.3 is 0 Å². The van der Waals surface area contributed by atoms with Crippen molar-refractivity contribution in [3.8, 4) is 0 Å². The number of nitrogens with two attached hydrogens (primary N) is 1. The average Bonchev–Trinajstić information content (AvgIpc) is 2.38. The lowest BCUT2D eigenvalue weighted by Gasteiger charge is -2.35. The van der Waals surface area contributed by atoms with Crippen molar-refractivity contribution in [3.05, 3.63) is 12.7 Å². The van der Waals surface area contributed by atoms with Crippen LogP contribution in [0.4, 0.5) is 0 Å². The van der Waals surface area contributed by atoms with Crippen LogP contribution < -0.4 is 5.73 Å². The first-order valence-electron chi connectivity index (χ1n) is 7.37. The molecule has 0 bridgehead atoms. The van der Waals surface area contributed by atoms with Gasteiger partial charge in [-0.1, -0.05) is 19.9 Å². The molecule has 1 amide bonds. The summed E-state index contributed by atoms with van der Waals surface area (Å²) in [4.78, 5) is 16.6. The molecule has 1 rings (SSSR count). The molecular weight excluding hydrogens is 238 g/mol. The summed E-state index contributed by atoms with van der Waals surface area (Å²) < 4.78 is 0. The molecule has 19 heavy (non-hydrogen) atoms. The van der Waals surface area contributed by atoms with Crippen molar-refractivity contribution in [2.24, 2.45) is 17.6 Å². The predicted octanol–water partition coefficient (Wildman–Crippen LogP) is 1.33. The van der Waals surface area contributed by atoms with E-state index >= 15 is 0 Å². The van der Waals surface area contributed by atoms with Gasteiger partial charge in [0.05, 0.1) is 0 Å². The Bertz CT molecular complexity index is 283. The van der Waals surface area contributed by atoms with Crippen molar-refractivity contribution in [2.45, 2.75) is 26.7 Å². The fourth-order valence-electron chi connectivity index (χ4n) is 2.67. The number of rotatable bonds is 7. The van der Waals surface area contributed by atoms with Crippen LogP contribution in [0.2, 0.25) is 0 Å². The third-order valence-corrected chi connectivity index (χ3v) is 3.71. The van der Waals surface area contributed by atoms with Gasteiger partial charge in [0.1, 0.15) is 0 Å². The van der Waals surface area contributed by atoms with E-state index in [0.717, 1.165) is 39.1 Å². The van der Waals surface area contributed by atoms with Crippen LogP contribution in [0.25, 0.3) is 0 Å². The zero-order valence-electron chi connectivity index (χ0n) is 12.5. The van der Waals surface area contributed by atoms with E-state index in [0.29, 0.717) is 24.8 Å². The lowest BCUT2D eigenvalue weighted by atomic mass is 9.93. The van der Waals surface area contributed by atoms with Crippen LogP contribution in [0.3, 0.4) is 0 Å². The standard InChI is InChI=1S/C15H29N3O/c1-4-5-17-6-8-18(9-7-17)15(19)11-14(12-16)10-13(2)3/h4,13-14H,1,5-12,16H2,2-3H3. The number of nitrogens with zero attached hydrogens (tertiary/aromatic N) is 2. The van der Waals surface area contributed by atoms with Crippen molar-refractivity contribution in [3.63, 3.8) is 0 Å². The summed E-state index contributed by atoms with van der Waals surface area (Å²) in [6, 6.07) is 0. The Hall–Kier alpha value is -0.870. The zero-order valence-corrected chi connectivity index (χ0v) is 12.5. The van der Waals surface area contributed by atoms with Crippen LogP contribution in [0, 0.1) is 11.8 Å². The fraction of sp³-hybridized carbons (Fsp3) is 0.800. The maximum Gasteiger partial charge on any atom is 0.222 e. The minimum Gasteiger partial charge on any atom is -0.340 e. The molecule has 4 nitrogen and oxygen atoms in total. The predicted molar refractivity (Wildman–Crippen MR) is 79.8 cm³/mol. The second-order valence-electron chi connectivity index (χ2n) is 5.91. The summed E-state index contributed by atoms with van der Waals surface area (Å²) in [6.45, 7) is 13.2. The van der Waals surface area contributed by atoms with Crippen molar-refractivity contribution >= 4 is 5.91 Å². The van der Waals surface area contributed by atoms with E-state index in [4.69, 9.17) is 5.73 Å². The molecule has 2 N–H and O–H groups in total. The largest absolute Gasteiger partial charge is 0.340 e. The average molecular weight is 267 g/mol. The molecule has 1 unspecified atom stereocenters. The number of hydrogen-bond donors (Lipinski definition) is 1. The molecule has 0 radical (unpaired) electrons. The first-order chi connectivity index (χ1) is 9.06. The van der Waals surface area contributed by atoms with E-state index in [-0.39, 0.29) is 5.91 Å². The molecular formula is C15H29N3O. The van der Waals surface area contributed by atoms with Crippen LogP contribution >= 0.6 is 0 Å². The highest BCUT2D eigenvalue weighted by molar-refractivity contribution is 5.76. The smallest absolute Gasteiger partial charge is 0.222 e. The highest BCUT2D eigenvalue weighted by Gasteiger charge is 2.22. The molecule has 1 aliphatic heterocycles. The lowest BCUT2D eigenvalue weighted by molar-refractivity contribution is -0.133. The minimum atomic E-state index is 0.273. The molecule has 1 fully saturated rings. The van der Waals surface area contributed by atoms with Gasteiger partial charge in [-0.05, 0) is 24.8 Å². The second-order valence-corrected chi connectivity index (χ2v) is 5.91. The maximum atomic E-state index is 12.2. The molecule has 110 valence electrons. The summed E-state index contributed by atoms with van der Waals surface area (Å²) in [5.41, 5.74) is 5.77. The Balaban J connectivity index is 2.35. The molecule has 1 atom stereocenters. The van der Waals surface area contributed by atoms with E-state index in [2.05, 4.69) is 25.3 Å². The van der Waals surface area contributed by atoms with Crippen LogP contribution in [-0.4, -0.2) is 55.0 Å². The Morgan fingerprint density at radius 2 is 1.95 bits per heavy atom. The quantitative estimate of drug-likeness (QED) is 0.708. The van der Waals surface area contributed by atoms with Gasteiger partial charge in [-0.2, -0.15) is 0 Å². The van der Waals surface area contributed by atoms with Crippen molar-refractivity contribution < 1.29 is 4.79 Å². The molecule has 0 aromatic rings. The summed E-state index contributed by atoms with van der Waals surface area (Å²) in [5, 5.41) is 0. The van der Waals surface area contributed by atoms with Gasteiger partial charge in [0.25, 0.3) is 0 Å². The first-order valence-corrected chi connectivity index (χ1v) is 7.37. The number of carbonyl (C=O) groups is 1. The van der Waals surface area contributed by atoms with E-state index in [1.54, 1.807) is 0 Å². The first kappa shape index (κ1) is 16.2. The van der Waals surface area contributed by atoms with Gasteiger partial charge < -0.3 is 10.6 Å². The summed E-state index contributed by atoms with van der Waals surface area (Å²) in [5.74, 6) is 1.21. The molecule has 4 heteroatoms. The Labute approximate surface area is 117 Å². The van der Waals surface area contributed by atoms with Gasteiger partial charge in [-0.25, -0.2) is 0 Å². The normalized spacial score (nSPS) is 18.6. The van der Waals surface area contributed by atoms with Gasteiger partial charge in [0.15, 0.2) is 0 Å². The monoisotopic (exact) mass is 267 g/mol. The van der Waals surface area contributed by atoms with Crippen molar-refractivity contribution in [2.75, 3.05) is 39.3 Å². The van der Waals surface area contributed by atoms with Gasteiger partial charge in [-0.15, -0.1) is 6.58 Å². The molecule has 1 heterocycles. The minimum absolute atomic E-state index is 0.273. The SMILES string of the molecule is C=CCN1CCN(C(=O)CC(CN)CC(C)C)CC1. The number of carbonyl (C=O) groups excluding carboxylic acids is 1.